The number of para-hydroxylation sites is 1. The molecule has 0 aliphatic carbocycles. The Balaban J connectivity index is 1.63. The van der Waals surface area contributed by atoms with Gasteiger partial charge in [-0.05, 0) is 53.9 Å². The molecule has 0 saturated carbocycles. The Labute approximate surface area is 218 Å². The molecule has 2 amide bonds. The van der Waals surface area contributed by atoms with E-state index in [2.05, 4.69) is 5.32 Å². The number of carboxylic acid groups (broad SMARTS) is 1. The van der Waals surface area contributed by atoms with Gasteiger partial charge in [-0.2, -0.15) is 0 Å². The van der Waals surface area contributed by atoms with Crippen molar-refractivity contribution in [1.82, 2.24) is 5.32 Å². The van der Waals surface area contributed by atoms with Gasteiger partial charge in [-0.3, -0.25) is 24.5 Å². The number of nitrogens with one attached hydrogen (secondary N) is 1. The molecule has 38 heavy (non-hydrogen) atoms. The summed E-state index contributed by atoms with van der Waals surface area (Å²) in [5, 5.41) is 23.5. The van der Waals surface area contributed by atoms with Gasteiger partial charge in [-0.1, -0.05) is 42.5 Å². The molecule has 0 radical (unpaired) electrons. The zero-order chi connectivity index (χ0) is 27.2. The maximum absolute atomic E-state index is 14.0. The normalized spacial score (nSPS) is 24.4. The third-order valence-corrected chi connectivity index (χ3v) is 7.31. The summed E-state index contributed by atoms with van der Waals surface area (Å²) in [5.41, 5.74) is 0.494. The molecule has 194 valence electrons. The van der Waals surface area contributed by atoms with E-state index in [1.54, 1.807) is 67.6 Å². The van der Waals surface area contributed by atoms with Crippen LogP contribution in [0.5, 0.6) is 11.5 Å². The number of ether oxygens (including phenoxy) is 1. The van der Waals surface area contributed by atoms with Crippen molar-refractivity contribution in [2.75, 3.05) is 4.90 Å². The molecule has 9 heteroatoms. The number of aliphatic carboxylic acids is 1. The predicted molar refractivity (Wildman–Crippen MR) is 136 cm³/mol. The van der Waals surface area contributed by atoms with Gasteiger partial charge < -0.3 is 14.9 Å². The summed E-state index contributed by atoms with van der Waals surface area (Å²) in [6.07, 6.45) is -0.0908. The molecule has 0 spiro atoms. The predicted octanol–water partition coefficient (Wildman–Crippen LogP) is 3.14. The minimum absolute atomic E-state index is 0.0268. The number of hydrogen-bond donors (Lipinski definition) is 3. The fraction of sp³-hybridized carbons (Fsp3) is 0.241. The van der Waals surface area contributed by atoms with Crippen LogP contribution < -0.4 is 15.0 Å². The van der Waals surface area contributed by atoms with Crippen LogP contribution in [0.4, 0.5) is 5.69 Å². The summed E-state index contributed by atoms with van der Waals surface area (Å²) < 4.78 is 5.11. The number of carbonyl (C=O) groups excluding carboxylic acids is 3. The van der Waals surface area contributed by atoms with E-state index in [1.807, 2.05) is 0 Å². The molecule has 2 aliphatic rings. The third kappa shape index (κ3) is 4.10. The molecule has 5 rings (SSSR count). The molecule has 0 bridgehead atoms. The van der Waals surface area contributed by atoms with Crippen molar-refractivity contribution in [3.63, 3.8) is 0 Å². The van der Waals surface area contributed by atoms with Gasteiger partial charge in [0.25, 0.3) is 0 Å². The van der Waals surface area contributed by atoms with E-state index in [4.69, 9.17) is 4.74 Å². The molecular weight excluding hydrogens is 488 g/mol. The van der Waals surface area contributed by atoms with Gasteiger partial charge in [0.05, 0.1) is 17.5 Å². The lowest BCUT2D eigenvalue weighted by Crippen LogP contribution is -2.57. The number of aryl methyl sites for hydroxylation is 1. The van der Waals surface area contributed by atoms with Crippen molar-refractivity contribution in [3.8, 4) is 11.5 Å². The fourth-order valence-corrected chi connectivity index (χ4v) is 5.62. The minimum atomic E-state index is -1.80. The van der Waals surface area contributed by atoms with Crippen LogP contribution in [-0.4, -0.2) is 39.5 Å². The van der Waals surface area contributed by atoms with Gasteiger partial charge in [-0.25, -0.2) is 4.90 Å². The van der Waals surface area contributed by atoms with E-state index >= 15 is 0 Å². The molecule has 2 fully saturated rings. The molecule has 4 atom stereocenters. The maximum Gasteiger partial charge on any atom is 0.325 e. The number of carbonyl (C=O) groups is 4. The molecule has 0 aromatic heterocycles. The van der Waals surface area contributed by atoms with Crippen molar-refractivity contribution in [2.45, 2.75) is 31.8 Å². The van der Waals surface area contributed by atoms with Crippen LogP contribution in [0.2, 0.25) is 0 Å². The summed E-state index contributed by atoms with van der Waals surface area (Å²) in [5.74, 6) is -4.66. The van der Waals surface area contributed by atoms with Crippen molar-refractivity contribution < 1.29 is 34.1 Å². The number of phenolic OH excluding ortho intramolecular Hbond substituents is 1. The molecule has 3 aromatic carbocycles. The molecular formula is C29H26N2O7. The molecule has 4 unspecified atom stereocenters. The van der Waals surface area contributed by atoms with E-state index in [1.165, 1.54) is 19.1 Å². The number of hydrogen-bond acceptors (Lipinski definition) is 7. The Morgan fingerprint density at radius 2 is 1.63 bits per heavy atom. The number of nitrogens with zero attached hydrogens (tertiary/aromatic N) is 1. The Bertz CT molecular complexity index is 1430. The van der Waals surface area contributed by atoms with Gasteiger partial charge in [-0.15, -0.1) is 0 Å². The first-order valence-electron chi connectivity index (χ1n) is 12.1. The summed E-state index contributed by atoms with van der Waals surface area (Å²) >= 11 is 0. The number of amides is 2. The average molecular weight is 515 g/mol. The Kier molecular flexibility index (Phi) is 6.24. The Morgan fingerprint density at radius 1 is 0.974 bits per heavy atom. The molecule has 3 N–H and O–H groups in total. The first kappa shape index (κ1) is 25.2. The molecule has 3 aromatic rings. The number of anilines is 1. The van der Waals surface area contributed by atoms with E-state index < -0.39 is 47.2 Å². The SMILES string of the molecule is CC(=O)Oc1ccc(C2NC(Cc3ccc(O)cc3)(C(=O)O)C3C(=O)N(c4ccccc4C)C(=O)C23)cc1. The van der Waals surface area contributed by atoms with Crippen molar-refractivity contribution in [1.29, 1.82) is 0 Å². The Hall–Kier alpha value is -4.50. The van der Waals surface area contributed by atoms with E-state index in [0.29, 0.717) is 28.1 Å². The largest absolute Gasteiger partial charge is 0.508 e. The van der Waals surface area contributed by atoms with Gasteiger partial charge in [0.1, 0.15) is 17.0 Å². The van der Waals surface area contributed by atoms with Crippen molar-refractivity contribution in [3.05, 3.63) is 89.5 Å². The number of aromatic hydroxyl groups is 1. The lowest BCUT2D eigenvalue weighted by molar-refractivity contribution is -0.148. The average Bonchev–Trinajstić information content (AvgIpc) is 3.35. The highest BCUT2D eigenvalue weighted by molar-refractivity contribution is 6.24. The van der Waals surface area contributed by atoms with Gasteiger partial charge in [0.15, 0.2) is 0 Å². The first-order chi connectivity index (χ1) is 18.1. The molecule has 2 aliphatic heterocycles. The molecule has 9 nitrogen and oxygen atoms in total. The summed E-state index contributed by atoms with van der Waals surface area (Å²) in [6, 6.07) is 18.7. The zero-order valence-electron chi connectivity index (χ0n) is 20.8. The highest BCUT2D eigenvalue weighted by Gasteiger charge is 2.68. The number of fused-ring (bicyclic) bond motifs is 1. The number of phenols is 1. The first-order valence-corrected chi connectivity index (χ1v) is 12.1. The topological polar surface area (TPSA) is 133 Å². The number of carboxylic acids is 1. The van der Waals surface area contributed by atoms with Crippen LogP contribution in [0.1, 0.15) is 29.7 Å². The van der Waals surface area contributed by atoms with Crippen LogP contribution in [0.25, 0.3) is 0 Å². The van der Waals surface area contributed by atoms with Crippen LogP contribution in [0.15, 0.2) is 72.8 Å². The summed E-state index contributed by atoms with van der Waals surface area (Å²) in [7, 11) is 0. The van der Waals surface area contributed by atoms with Crippen LogP contribution >= 0.6 is 0 Å². The van der Waals surface area contributed by atoms with E-state index in [0.717, 1.165) is 4.90 Å². The second-order valence-corrected chi connectivity index (χ2v) is 9.71. The van der Waals surface area contributed by atoms with E-state index in [-0.39, 0.29) is 12.2 Å². The second-order valence-electron chi connectivity index (χ2n) is 9.71. The standard InChI is InChI=1S/C29H26N2O7/c1-16-5-3-4-6-22(16)31-26(34)23-24(27(31)35)29(28(36)37,15-18-7-11-20(33)12-8-18)30-25(23)19-9-13-21(14-10-19)38-17(2)32/h3-14,23-25,30,33H,15H2,1-2H3,(H,36,37). The maximum atomic E-state index is 14.0. The summed E-state index contributed by atoms with van der Waals surface area (Å²) in [4.78, 5) is 53.3. The van der Waals surface area contributed by atoms with Crippen molar-refractivity contribution in [2.24, 2.45) is 11.8 Å². The highest BCUT2D eigenvalue weighted by atomic mass is 16.5. The number of esters is 1. The summed E-state index contributed by atoms with van der Waals surface area (Å²) in [6.45, 7) is 3.07. The number of benzene rings is 3. The highest BCUT2D eigenvalue weighted by Crippen LogP contribution is 2.51. The fourth-order valence-electron chi connectivity index (χ4n) is 5.62. The quantitative estimate of drug-likeness (QED) is 0.260. The third-order valence-electron chi connectivity index (χ3n) is 7.31. The van der Waals surface area contributed by atoms with E-state index in [9.17, 15) is 29.4 Å². The van der Waals surface area contributed by atoms with Crippen molar-refractivity contribution >= 4 is 29.4 Å². The monoisotopic (exact) mass is 514 g/mol. The lowest BCUT2D eigenvalue weighted by Gasteiger charge is -2.31. The number of rotatable bonds is 6. The van der Waals surface area contributed by atoms with Crippen LogP contribution in [-0.2, 0) is 25.6 Å². The van der Waals surface area contributed by atoms with Gasteiger partial charge in [0.2, 0.25) is 11.8 Å². The number of imide groups is 1. The van der Waals surface area contributed by atoms with Gasteiger partial charge in [0, 0.05) is 19.4 Å². The molecule has 2 heterocycles. The van der Waals surface area contributed by atoms with Crippen LogP contribution in [0.3, 0.4) is 0 Å². The van der Waals surface area contributed by atoms with Gasteiger partial charge >= 0.3 is 11.9 Å². The lowest BCUT2D eigenvalue weighted by atomic mass is 9.76. The van der Waals surface area contributed by atoms with Crippen LogP contribution in [0, 0.1) is 18.8 Å². The second kappa shape index (κ2) is 9.42. The minimum Gasteiger partial charge on any atom is -0.508 e. The zero-order valence-corrected chi connectivity index (χ0v) is 20.8. The molecule has 2 saturated heterocycles. The Morgan fingerprint density at radius 3 is 2.24 bits per heavy atom. The smallest absolute Gasteiger partial charge is 0.325 e.